The van der Waals surface area contributed by atoms with Crippen molar-refractivity contribution in [1.82, 2.24) is 14.7 Å². The quantitative estimate of drug-likeness (QED) is 0.554. The second kappa shape index (κ2) is 9.26. The van der Waals surface area contributed by atoms with Gasteiger partial charge in [-0.25, -0.2) is 4.68 Å². The Kier molecular flexibility index (Phi) is 7.08. The fourth-order valence-electron chi connectivity index (χ4n) is 3.63. The molecule has 2 heterocycles. The number of hydrogen-bond acceptors (Lipinski definition) is 5. The van der Waals surface area contributed by atoms with Gasteiger partial charge in [0.05, 0.1) is 22.8 Å². The Bertz CT molecular complexity index is 941. The van der Waals surface area contributed by atoms with Crippen molar-refractivity contribution in [1.29, 1.82) is 0 Å². The highest BCUT2D eigenvalue weighted by Gasteiger charge is 2.43. The highest BCUT2D eigenvalue weighted by Crippen LogP contribution is 2.40. The summed E-state index contributed by atoms with van der Waals surface area (Å²) in [4.78, 5) is 15.6. The van der Waals surface area contributed by atoms with Crippen molar-refractivity contribution in [2.24, 2.45) is 0 Å². The molecule has 1 aliphatic heterocycles. The van der Waals surface area contributed by atoms with Crippen molar-refractivity contribution in [3.05, 3.63) is 39.6 Å². The molecule has 31 heavy (non-hydrogen) atoms. The lowest BCUT2D eigenvalue weighted by molar-refractivity contribution is -0.147. The van der Waals surface area contributed by atoms with Gasteiger partial charge in [-0.05, 0) is 18.1 Å². The zero-order valence-electron chi connectivity index (χ0n) is 17.3. The van der Waals surface area contributed by atoms with Crippen LogP contribution in [0.4, 0.5) is 18.9 Å². The SMILES string of the molecule is COc1cc(N2CCN(C(C=O)n3nc(C(C)C)c(Cl)c3C(F)(F)F)CC2)ccc1Cl. The summed E-state index contributed by atoms with van der Waals surface area (Å²) in [6.45, 7) is 5.13. The average Bonchev–Trinajstić information content (AvgIpc) is 3.07. The number of ether oxygens (including phenoxy) is 1. The predicted octanol–water partition coefficient (Wildman–Crippen LogP) is 4.86. The minimum absolute atomic E-state index is 0.118. The molecule has 3 rings (SSSR count). The number of methoxy groups -OCH3 is 1. The van der Waals surface area contributed by atoms with E-state index in [0.29, 0.717) is 47.9 Å². The third-order valence-electron chi connectivity index (χ3n) is 5.25. The molecule has 1 aromatic carbocycles. The smallest absolute Gasteiger partial charge is 0.434 e. The lowest BCUT2D eigenvalue weighted by Gasteiger charge is -2.38. The zero-order chi connectivity index (χ0) is 22.9. The monoisotopic (exact) mass is 478 g/mol. The van der Waals surface area contributed by atoms with Crippen molar-refractivity contribution in [3.8, 4) is 5.75 Å². The van der Waals surface area contributed by atoms with Crippen LogP contribution in [0.2, 0.25) is 10.0 Å². The first-order valence-electron chi connectivity index (χ1n) is 9.71. The molecule has 0 saturated carbocycles. The van der Waals surface area contributed by atoms with Gasteiger partial charge in [0.25, 0.3) is 0 Å². The van der Waals surface area contributed by atoms with Crippen LogP contribution in [0.3, 0.4) is 0 Å². The number of piperazine rings is 1. The number of alkyl halides is 3. The first-order chi connectivity index (χ1) is 14.6. The van der Waals surface area contributed by atoms with E-state index in [4.69, 9.17) is 27.9 Å². The summed E-state index contributed by atoms with van der Waals surface area (Å²) < 4.78 is 47.1. The largest absolute Gasteiger partial charge is 0.495 e. The summed E-state index contributed by atoms with van der Waals surface area (Å²) in [6.07, 6.45) is -5.47. The fraction of sp³-hybridized carbons (Fsp3) is 0.500. The molecule has 1 atom stereocenters. The maximum Gasteiger partial charge on any atom is 0.434 e. The molecular weight excluding hydrogens is 456 g/mol. The van der Waals surface area contributed by atoms with Gasteiger partial charge >= 0.3 is 6.18 Å². The summed E-state index contributed by atoms with van der Waals surface area (Å²) >= 11 is 12.1. The van der Waals surface area contributed by atoms with Crippen molar-refractivity contribution in [2.45, 2.75) is 32.1 Å². The molecule has 0 spiro atoms. The molecule has 0 N–H and O–H groups in total. The molecule has 1 aromatic heterocycles. The van der Waals surface area contributed by atoms with Gasteiger partial charge in [0.2, 0.25) is 0 Å². The number of aromatic nitrogens is 2. The van der Waals surface area contributed by atoms with Gasteiger partial charge in [-0.3, -0.25) is 9.69 Å². The van der Waals surface area contributed by atoms with E-state index in [2.05, 4.69) is 10.00 Å². The molecule has 1 saturated heterocycles. The van der Waals surface area contributed by atoms with Crippen LogP contribution in [0.25, 0.3) is 0 Å². The summed E-state index contributed by atoms with van der Waals surface area (Å²) in [5.41, 5.74) is -0.101. The van der Waals surface area contributed by atoms with Crippen molar-refractivity contribution < 1.29 is 22.7 Å². The molecule has 1 aliphatic rings. The Morgan fingerprint density at radius 2 is 1.81 bits per heavy atom. The van der Waals surface area contributed by atoms with Gasteiger partial charge < -0.3 is 9.64 Å². The first-order valence-corrected chi connectivity index (χ1v) is 10.5. The van der Waals surface area contributed by atoms with Gasteiger partial charge in [-0.15, -0.1) is 0 Å². The van der Waals surface area contributed by atoms with E-state index < -0.39 is 23.1 Å². The van der Waals surface area contributed by atoms with Gasteiger partial charge in [-0.1, -0.05) is 37.0 Å². The molecule has 0 aliphatic carbocycles. The standard InChI is InChI=1S/C20H23Cl2F3N4O2/c1-12(2)18-17(22)19(20(23,24)25)29(26-18)16(11-30)28-8-6-27(7-9-28)13-4-5-14(21)15(10-13)31-3/h4-5,10-12,16H,6-9H2,1-3H3. The van der Waals surface area contributed by atoms with E-state index >= 15 is 0 Å². The van der Waals surface area contributed by atoms with Crippen LogP contribution < -0.4 is 9.64 Å². The number of anilines is 1. The predicted molar refractivity (Wildman–Crippen MR) is 113 cm³/mol. The molecular formula is C20H23Cl2F3N4O2. The number of hydrogen-bond donors (Lipinski definition) is 0. The summed E-state index contributed by atoms with van der Waals surface area (Å²) in [5, 5.41) is 4.11. The van der Waals surface area contributed by atoms with Crippen LogP contribution in [0.5, 0.6) is 5.75 Å². The number of carbonyl (C=O) groups is 1. The highest BCUT2D eigenvalue weighted by molar-refractivity contribution is 6.32. The molecule has 1 unspecified atom stereocenters. The Hall–Kier alpha value is -1.97. The van der Waals surface area contributed by atoms with Crippen LogP contribution in [-0.4, -0.2) is 54.3 Å². The number of benzene rings is 1. The topological polar surface area (TPSA) is 50.6 Å². The van der Waals surface area contributed by atoms with Crippen molar-refractivity contribution >= 4 is 35.2 Å². The van der Waals surface area contributed by atoms with Crippen LogP contribution in [0.1, 0.15) is 37.3 Å². The van der Waals surface area contributed by atoms with E-state index in [0.717, 1.165) is 5.69 Å². The van der Waals surface area contributed by atoms with Gasteiger partial charge in [-0.2, -0.15) is 18.3 Å². The third kappa shape index (κ3) is 4.78. The third-order valence-corrected chi connectivity index (χ3v) is 5.94. The normalized spacial score (nSPS) is 16.6. The second-order valence-corrected chi connectivity index (χ2v) is 8.32. The minimum atomic E-state index is -4.74. The number of rotatable bonds is 6. The summed E-state index contributed by atoms with van der Waals surface area (Å²) in [5.74, 6) is 0.216. The van der Waals surface area contributed by atoms with Gasteiger partial charge in [0.1, 0.15) is 5.75 Å². The maximum absolute atomic E-state index is 13.7. The van der Waals surface area contributed by atoms with Crippen LogP contribution in [0, 0.1) is 0 Å². The summed E-state index contributed by atoms with van der Waals surface area (Å²) in [7, 11) is 1.52. The van der Waals surface area contributed by atoms with Gasteiger partial charge in [0.15, 0.2) is 18.1 Å². The van der Waals surface area contributed by atoms with E-state index in [1.54, 1.807) is 30.9 Å². The van der Waals surface area contributed by atoms with Crippen LogP contribution in [-0.2, 0) is 11.0 Å². The average molecular weight is 479 g/mol. The number of nitrogens with zero attached hydrogens (tertiary/aromatic N) is 4. The summed E-state index contributed by atoms with van der Waals surface area (Å²) in [6, 6.07) is 5.38. The Morgan fingerprint density at radius 3 is 2.32 bits per heavy atom. The number of aldehydes is 1. The molecule has 0 amide bonds. The molecule has 11 heteroatoms. The lowest BCUT2D eigenvalue weighted by atomic mass is 10.1. The molecule has 1 fully saturated rings. The van der Waals surface area contributed by atoms with Crippen LogP contribution in [0.15, 0.2) is 18.2 Å². The Morgan fingerprint density at radius 1 is 1.16 bits per heavy atom. The van der Waals surface area contributed by atoms with E-state index in [9.17, 15) is 18.0 Å². The molecule has 2 aromatic rings. The van der Waals surface area contributed by atoms with Crippen molar-refractivity contribution in [3.63, 3.8) is 0 Å². The van der Waals surface area contributed by atoms with Crippen LogP contribution >= 0.6 is 23.2 Å². The second-order valence-electron chi connectivity index (χ2n) is 7.54. The number of carbonyl (C=O) groups excluding carboxylic acids is 1. The maximum atomic E-state index is 13.7. The van der Waals surface area contributed by atoms with E-state index in [1.165, 1.54) is 7.11 Å². The minimum Gasteiger partial charge on any atom is -0.495 e. The molecule has 170 valence electrons. The Labute approximate surface area is 188 Å². The van der Waals surface area contributed by atoms with Gasteiger partial charge in [0, 0.05) is 37.9 Å². The molecule has 0 radical (unpaired) electrons. The first kappa shape index (κ1) is 23.7. The Balaban J connectivity index is 1.84. The number of halogens is 5. The van der Waals surface area contributed by atoms with E-state index in [-0.39, 0.29) is 11.6 Å². The molecule has 0 bridgehead atoms. The van der Waals surface area contributed by atoms with Crippen molar-refractivity contribution in [2.75, 3.05) is 38.2 Å². The molecule has 6 nitrogen and oxygen atoms in total. The lowest BCUT2D eigenvalue weighted by Crippen LogP contribution is -2.50. The highest BCUT2D eigenvalue weighted by atomic mass is 35.5. The van der Waals surface area contributed by atoms with E-state index in [1.807, 2.05) is 6.07 Å². The zero-order valence-corrected chi connectivity index (χ0v) is 18.8. The fourth-order valence-corrected chi connectivity index (χ4v) is 4.28.